The van der Waals surface area contributed by atoms with Crippen molar-refractivity contribution >= 4 is 28.5 Å². The maximum Gasteiger partial charge on any atom is 0.342 e. The number of hydrogen-bond donors (Lipinski definition) is 1. The van der Waals surface area contributed by atoms with Crippen LogP contribution in [0.4, 0.5) is 5.69 Å². The molecular weight excluding hydrogens is 462 g/mol. The van der Waals surface area contributed by atoms with E-state index in [1.807, 2.05) is 30.3 Å². The van der Waals surface area contributed by atoms with E-state index in [1.54, 1.807) is 37.3 Å². The minimum atomic E-state index is -1.16. The zero-order chi connectivity index (χ0) is 25.8. The molecule has 0 aliphatic heterocycles. The quantitative estimate of drug-likeness (QED) is 0.367. The summed E-state index contributed by atoms with van der Waals surface area (Å²) in [5.74, 6) is -0.0677. The normalized spacial score (nSPS) is 11.6. The summed E-state index contributed by atoms with van der Waals surface area (Å²) < 4.78 is 22.0. The molecule has 0 saturated heterocycles. The van der Waals surface area contributed by atoms with Crippen molar-refractivity contribution in [3.8, 4) is 22.8 Å². The van der Waals surface area contributed by atoms with Crippen LogP contribution in [0.1, 0.15) is 22.8 Å². The Morgan fingerprint density at radius 1 is 0.944 bits per heavy atom. The van der Waals surface area contributed by atoms with Gasteiger partial charge in [0.2, 0.25) is 0 Å². The fraction of sp³-hybridized carbons (Fsp3) is 0.179. The first kappa shape index (κ1) is 24.5. The highest BCUT2D eigenvalue weighted by Crippen LogP contribution is 2.30. The molecule has 3 aromatic carbocycles. The number of fused-ring (bicyclic) bond motifs is 1. The van der Waals surface area contributed by atoms with Crippen molar-refractivity contribution in [2.75, 3.05) is 19.5 Å². The molecule has 1 unspecified atom stereocenters. The van der Waals surface area contributed by atoms with Gasteiger partial charge in [0.05, 0.1) is 25.3 Å². The first-order valence-electron chi connectivity index (χ1n) is 11.2. The third-order valence-electron chi connectivity index (χ3n) is 5.72. The Labute approximate surface area is 207 Å². The van der Waals surface area contributed by atoms with Crippen LogP contribution in [0.2, 0.25) is 0 Å². The second kappa shape index (κ2) is 10.4. The van der Waals surface area contributed by atoms with E-state index in [9.17, 15) is 14.4 Å². The summed E-state index contributed by atoms with van der Waals surface area (Å²) >= 11 is 0. The van der Waals surface area contributed by atoms with Crippen molar-refractivity contribution in [2.45, 2.75) is 20.0 Å². The third kappa shape index (κ3) is 4.79. The van der Waals surface area contributed by atoms with E-state index in [1.165, 1.54) is 27.2 Å². The van der Waals surface area contributed by atoms with Crippen molar-refractivity contribution in [1.82, 2.24) is 0 Å². The van der Waals surface area contributed by atoms with Crippen molar-refractivity contribution in [3.05, 3.63) is 88.1 Å². The van der Waals surface area contributed by atoms with E-state index in [0.29, 0.717) is 34.1 Å². The zero-order valence-corrected chi connectivity index (χ0v) is 20.3. The van der Waals surface area contributed by atoms with Crippen LogP contribution in [-0.4, -0.2) is 32.2 Å². The van der Waals surface area contributed by atoms with Crippen LogP contribution in [0, 0.1) is 6.92 Å². The van der Waals surface area contributed by atoms with Crippen LogP contribution in [0.5, 0.6) is 11.5 Å². The molecule has 4 aromatic rings. The molecule has 0 spiro atoms. The molecule has 0 radical (unpaired) electrons. The number of anilines is 1. The lowest BCUT2D eigenvalue weighted by Gasteiger charge is -2.16. The lowest BCUT2D eigenvalue weighted by molar-refractivity contribution is -0.123. The van der Waals surface area contributed by atoms with E-state index in [2.05, 4.69) is 5.32 Å². The fourth-order valence-corrected chi connectivity index (χ4v) is 3.76. The summed E-state index contributed by atoms with van der Waals surface area (Å²) in [6, 6.07) is 18.7. The van der Waals surface area contributed by atoms with Crippen molar-refractivity contribution in [1.29, 1.82) is 0 Å². The van der Waals surface area contributed by atoms with Gasteiger partial charge in [-0.05, 0) is 38.1 Å². The summed E-state index contributed by atoms with van der Waals surface area (Å²) in [6.07, 6.45) is -1.16. The molecule has 8 nitrogen and oxygen atoms in total. The summed E-state index contributed by atoms with van der Waals surface area (Å²) in [6.45, 7) is 3.12. The van der Waals surface area contributed by atoms with Gasteiger partial charge in [-0.2, -0.15) is 0 Å². The number of ether oxygens (including phenoxy) is 3. The lowest BCUT2D eigenvalue weighted by atomic mass is 10.0. The predicted molar refractivity (Wildman–Crippen MR) is 136 cm³/mol. The minimum Gasteiger partial charge on any atom is -0.497 e. The van der Waals surface area contributed by atoms with Gasteiger partial charge in [-0.3, -0.25) is 9.59 Å². The molecule has 0 bridgehead atoms. The molecule has 1 amide bonds. The Bertz CT molecular complexity index is 1490. The molecule has 0 fully saturated rings. The van der Waals surface area contributed by atoms with Crippen LogP contribution in [0.15, 0.2) is 75.9 Å². The molecule has 1 N–H and O–H groups in total. The molecule has 184 valence electrons. The number of nitrogens with one attached hydrogen (secondary N) is 1. The number of para-hydroxylation sites is 1. The molecule has 8 heteroatoms. The highest BCUT2D eigenvalue weighted by Gasteiger charge is 2.24. The Balaban J connectivity index is 1.63. The summed E-state index contributed by atoms with van der Waals surface area (Å²) in [5.41, 5.74) is 1.39. The highest BCUT2D eigenvalue weighted by atomic mass is 16.5. The van der Waals surface area contributed by atoms with Crippen LogP contribution < -0.4 is 20.2 Å². The smallest absolute Gasteiger partial charge is 0.342 e. The third-order valence-corrected chi connectivity index (χ3v) is 5.72. The average molecular weight is 488 g/mol. The van der Waals surface area contributed by atoms with E-state index in [-0.39, 0.29) is 22.0 Å². The number of hydrogen-bond acceptors (Lipinski definition) is 7. The second-order valence-corrected chi connectivity index (χ2v) is 8.04. The number of carbonyl (C=O) groups is 2. The zero-order valence-electron chi connectivity index (χ0n) is 20.3. The van der Waals surface area contributed by atoms with Gasteiger partial charge in [0.25, 0.3) is 5.91 Å². The number of esters is 1. The molecule has 1 aromatic heterocycles. The molecule has 0 aliphatic carbocycles. The van der Waals surface area contributed by atoms with E-state index < -0.39 is 18.0 Å². The summed E-state index contributed by atoms with van der Waals surface area (Å²) in [5, 5.41) is 2.93. The number of methoxy groups -OCH3 is 2. The van der Waals surface area contributed by atoms with Gasteiger partial charge in [-0.15, -0.1) is 0 Å². The van der Waals surface area contributed by atoms with Gasteiger partial charge in [0.15, 0.2) is 17.1 Å². The van der Waals surface area contributed by atoms with E-state index >= 15 is 0 Å². The Kier molecular flexibility index (Phi) is 7.05. The number of rotatable bonds is 7. The summed E-state index contributed by atoms with van der Waals surface area (Å²) in [4.78, 5) is 38.9. The van der Waals surface area contributed by atoms with Gasteiger partial charge in [0, 0.05) is 17.2 Å². The molecule has 4 rings (SSSR count). The maximum absolute atomic E-state index is 13.1. The number of benzene rings is 3. The standard InChI is InChI=1S/C28H25NO7/c1-16-24(30)20-11-8-12-21(26(20)36-25(16)18-9-6-5-7-10-18)28(32)35-17(2)27(31)29-22-15-19(33-3)13-14-23(22)34-4/h5-15,17H,1-4H3,(H,29,31). The average Bonchev–Trinajstić information content (AvgIpc) is 2.90. The second-order valence-electron chi connectivity index (χ2n) is 8.04. The fourth-order valence-electron chi connectivity index (χ4n) is 3.76. The van der Waals surface area contributed by atoms with Crippen LogP contribution in [0.3, 0.4) is 0 Å². The van der Waals surface area contributed by atoms with Gasteiger partial charge < -0.3 is 23.9 Å². The maximum atomic E-state index is 13.1. The Hall–Kier alpha value is -4.59. The first-order valence-corrected chi connectivity index (χ1v) is 11.2. The predicted octanol–water partition coefficient (Wildman–Crippen LogP) is 4.97. The van der Waals surface area contributed by atoms with Crippen molar-refractivity contribution < 1.29 is 28.2 Å². The van der Waals surface area contributed by atoms with Crippen LogP contribution in [0.25, 0.3) is 22.3 Å². The topological polar surface area (TPSA) is 104 Å². The molecular formula is C28H25NO7. The van der Waals surface area contributed by atoms with Crippen LogP contribution in [-0.2, 0) is 9.53 Å². The highest BCUT2D eigenvalue weighted by molar-refractivity contribution is 6.04. The SMILES string of the molecule is COc1ccc(OC)c(NC(=O)C(C)OC(=O)c2cccc3c(=O)c(C)c(-c4ccccc4)oc23)c1. The van der Waals surface area contributed by atoms with Gasteiger partial charge in [0.1, 0.15) is 22.8 Å². The lowest BCUT2D eigenvalue weighted by Crippen LogP contribution is -2.30. The van der Waals surface area contributed by atoms with E-state index in [4.69, 9.17) is 18.6 Å². The Morgan fingerprint density at radius 3 is 2.39 bits per heavy atom. The van der Waals surface area contributed by atoms with Crippen molar-refractivity contribution in [2.24, 2.45) is 0 Å². The van der Waals surface area contributed by atoms with Gasteiger partial charge in [-0.25, -0.2) is 4.79 Å². The van der Waals surface area contributed by atoms with E-state index in [0.717, 1.165) is 0 Å². The number of carbonyl (C=O) groups excluding carboxylic acids is 2. The monoisotopic (exact) mass is 487 g/mol. The minimum absolute atomic E-state index is 0.0420. The largest absolute Gasteiger partial charge is 0.497 e. The number of amides is 1. The Morgan fingerprint density at radius 2 is 1.69 bits per heavy atom. The molecule has 36 heavy (non-hydrogen) atoms. The van der Waals surface area contributed by atoms with Gasteiger partial charge >= 0.3 is 5.97 Å². The molecule has 0 saturated carbocycles. The van der Waals surface area contributed by atoms with Crippen LogP contribution >= 0.6 is 0 Å². The molecule has 1 atom stereocenters. The van der Waals surface area contributed by atoms with Crippen molar-refractivity contribution in [3.63, 3.8) is 0 Å². The van der Waals surface area contributed by atoms with Gasteiger partial charge in [-0.1, -0.05) is 36.4 Å². The first-order chi connectivity index (χ1) is 17.3. The molecule has 1 heterocycles. The summed E-state index contributed by atoms with van der Waals surface area (Å²) in [7, 11) is 2.98. The molecule has 0 aliphatic rings.